The number of carbonyl (C=O) groups excluding carboxylic acids is 1. The van der Waals surface area contributed by atoms with Crippen molar-refractivity contribution in [2.75, 3.05) is 17.1 Å². The Kier molecular flexibility index (Phi) is 2.46. The highest BCUT2D eigenvalue weighted by molar-refractivity contribution is 7.93. The minimum Gasteiger partial charge on any atom is -0.293 e. The van der Waals surface area contributed by atoms with Crippen LogP contribution in [0.5, 0.6) is 0 Å². The summed E-state index contributed by atoms with van der Waals surface area (Å²) in [6.07, 6.45) is 1.41. The van der Waals surface area contributed by atoms with E-state index in [-0.39, 0.29) is 0 Å². The van der Waals surface area contributed by atoms with E-state index in [0.29, 0.717) is 17.1 Å². The highest BCUT2D eigenvalue weighted by Crippen LogP contribution is 2.30. The molecule has 0 atom stereocenters. The molecule has 0 aliphatic carbocycles. The molecule has 1 aromatic heterocycles. The number of Topliss-reactive ketones (excluding diaryl/α,β-unsaturated/α-hetero) is 1. The molecule has 3 rings (SSSR count). The number of anilines is 1. The maximum absolute atomic E-state index is 11.9. The zero-order valence-corrected chi connectivity index (χ0v) is 11.0. The standard InChI is InChI=1S/C12H11N3O3S/c1-14-12-10(11(16)8-19(14,17)18)7-13-15(12)9-5-3-2-4-6-9/h2-7H,8H2,1H3. The molecule has 0 amide bonds. The van der Waals surface area contributed by atoms with Crippen molar-refractivity contribution in [3.05, 3.63) is 42.1 Å². The Morgan fingerprint density at radius 3 is 2.58 bits per heavy atom. The van der Waals surface area contributed by atoms with Gasteiger partial charge in [-0.05, 0) is 12.1 Å². The molecular formula is C12H11N3O3S. The Bertz CT molecular complexity index is 750. The van der Waals surface area contributed by atoms with Crippen LogP contribution in [0.3, 0.4) is 0 Å². The molecule has 2 heterocycles. The van der Waals surface area contributed by atoms with Crippen molar-refractivity contribution in [1.29, 1.82) is 0 Å². The lowest BCUT2D eigenvalue weighted by Gasteiger charge is -2.24. The smallest absolute Gasteiger partial charge is 0.243 e. The van der Waals surface area contributed by atoms with E-state index in [0.717, 1.165) is 4.31 Å². The summed E-state index contributed by atoms with van der Waals surface area (Å²) >= 11 is 0. The van der Waals surface area contributed by atoms with Crippen molar-refractivity contribution >= 4 is 21.6 Å². The van der Waals surface area contributed by atoms with Gasteiger partial charge in [0.05, 0.1) is 17.4 Å². The van der Waals surface area contributed by atoms with Crippen LogP contribution in [0.25, 0.3) is 5.69 Å². The van der Waals surface area contributed by atoms with Crippen LogP contribution in [0.15, 0.2) is 36.5 Å². The second kappa shape index (κ2) is 3.92. The van der Waals surface area contributed by atoms with Crippen molar-refractivity contribution in [3.63, 3.8) is 0 Å². The minimum absolute atomic E-state index is 0.294. The highest BCUT2D eigenvalue weighted by Gasteiger charge is 2.36. The Morgan fingerprint density at radius 2 is 1.89 bits per heavy atom. The summed E-state index contributed by atoms with van der Waals surface area (Å²) in [7, 11) is -2.17. The van der Waals surface area contributed by atoms with Gasteiger partial charge in [0, 0.05) is 7.05 Å². The van der Waals surface area contributed by atoms with Crippen molar-refractivity contribution in [2.24, 2.45) is 0 Å². The molecule has 1 aliphatic rings. The van der Waals surface area contributed by atoms with Gasteiger partial charge < -0.3 is 0 Å². The molecule has 2 aromatic rings. The SMILES string of the molecule is CN1c2c(cnn2-c2ccccc2)C(=O)CS1(=O)=O. The summed E-state index contributed by atoms with van der Waals surface area (Å²) < 4.78 is 26.4. The van der Waals surface area contributed by atoms with Gasteiger partial charge in [0.2, 0.25) is 10.0 Å². The van der Waals surface area contributed by atoms with E-state index in [1.54, 1.807) is 12.1 Å². The lowest BCUT2D eigenvalue weighted by atomic mass is 10.2. The van der Waals surface area contributed by atoms with E-state index < -0.39 is 21.6 Å². The Hall–Kier alpha value is -2.15. The summed E-state index contributed by atoms with van der Waals surface area (Å²) in [5, 5.41) is 4.12. The van der Waals surface area contributed by atoms with E-state index in [2.05, 4.69) is 5.10 Å². The first-order chi connectivity index (χ1) is 9.00. The van der Waals surface area contributed by atoms with Crippen LogP contribution < -0.4 is 4.31 Å². The van der Waals surface area contributed by atoms with E-state index in [4.69, 9.17) is 0 Å². The van der Waals surface area contributed by atoms with Gasteiger partial charge in [0.1, 0.15) is 5.75 Å². The third kappa shape index (κ3) is 1.74. The van der Waals surface area contributed by atoms with E-state index >= 15 is 0 Å². The molecular weight excluding hydrogens is 266 g/mol. The number of carbonyl (C=O) groups is 1. The van der Waals surface area contributed by atoms with Crippen LogP contribution in [0.2, 0.25) is 0 Å². The number of ketones is 1. The summed E-state index contributed by atoms with van der Waals surface area (Å²) in [6.45, 7) is 0. The molecule has 1 aromatic carbocycles. The molecule has 1 aliphatic heterocycles. The van der Waals surface area contributed by atoms with Crippen LogP contribution in [0, 0.1) is 0 Å². The zero-order valence-electron chi connectivity index (χ0n) is 10.1. The average Bonchev–Trinajstić information content (AvgIpc) is 2.82. The van der Waals surface area contributed by atoms with Crippen LogP contribution >= 0.6 is 0 Å². The number of aromatic nitrogens is 2. The molecule has 0 bridgehead atoms. The first kappa shape index (κ1) is 11.9. The summed E-state index contributed by atoms with van der Waals surface area (Å²) in [5.41, 5.74) is 1.04. The molecule has 0 saturated heterocycles. The Balaban J connectivity index is 2.26. The predicted octanol–water partition coefficient (Wildman–Crippen LogP) is 0.835. The number of fused-ring (bicyclic) bond motifs is 1. The first-order valence-corrected chi connectivity index (χ1v) is 7.25. The maximum Gasteiger partial charge on any atom is 0.243 e. The van der Waals surface area contributed by atoms with E-state index in [9.17, 15) is 13.2 Å². The van der Waals surface area contributed by atoms with Crippen LogP contribution in [-0.4, -0.2) is 36.8 Å². The van der Waals surface area contributed by atoms with Crippen molar-refractivity contribution in [1.82, 2.24) is 9.78 Å². The van der Waals surface area contributed by atoms with Gasteiger partial charge >= 0.3 is 0 Å². The molecule has 6 nitrogen and oxygen atoms in total. The molecule has 0 spiro atoms. The molecule has 0 radical (unpaired) electrons. The molecule has 19 heavy (non-hydrogen) atoms. The molecule has 0 N–H and O–H groups in total. The van der Waals surface area contributed by atoms with E-state index in [1.165, 1.54) is 17.9 Å². The van der Waals surface area contributed by atoms with Gasteiger partial charge in [-0.15, -0.1) is 0 Å². The van der Waals surface area contributed by atoms with Crippen LogP contribution in [-0.2, 0) is 10.0 Å². The van der Waals surface area contributed by atoms with Crippen molar-refractivity contribution < 1.29 is 13.2 Å². The first-order valence-electron chi connectivity index (χ1n) is 5.64. The zero-order chi connectivity index (χ0) is 13.6. The number of hydrogen-bond donors (Lipinski definition) is 0. The fraction of sp³-hybridized carbons (Fsp3) is 0.167. The minimum atomic E-state index is -3.60. The quantitative estimate of drug-likeness (QED) is 0.774. The number of nitrogens with zero attached hydrogens (tertiary/aromatic N) is 3. The number of sulfonamides is 1. The monoisotopic (exact) mass is 277 g/mol. The van der Waals surface area contributed by atoms with Crippen molar-refractivity contribution in [3.8, 4) is 5.69 Å². The molecule has 98 valence electrons. The molecule has 0 unspecified atom stereocenters. The van der Waals surface area contributed by atoms with Gasteiger partial charge in [0.25, 0.3) is 0 Å². The van der Waals surface area contributed by atoms with E-state index in [1.807, 2.05) is 18.2 Å². The van der Waals surface area contributed by atoms with Crippen LogP contribution in [0.1, 0.15) is 10.4 Å². The summed E-state index contributed by atoms with van der Waals surface area (Å²) in [5.74, 6) is -0.630. The number of benzene rings is 1. The number of hydrogen-bond acceptors (Lipinski definition) is 4. The molecule has 7 heteroatoms. The third-order valence-electron chi connectivity index (χ3n) is 3.07. The summed E-state index contributed by atoms with van der Waals surface area (Å²) in [4.78, 5) is 11.8. The van der Waals surface area contributed by atoms with Gasteiger partial charge in [-0.1, -0.05) is 18.2 Å². The largest absolute Gasteiger partial charge is 0.293 e. The van der Waals surface area contributed by atoms with Gasteiger partial charge in [0.15, 0.2) is 11.6 Å². The van der Waals surface area contributed by atoms with Gasteiger partial charge in [-0.25, -0.2) is 13.1 Å². The predicted molar refractivity (Wildman–Crippen MR) is 70.1 cm³/mol. The number of para-hydroxylation sites is 1. The fourth-order valence-corrected chi connectivity index (χ4v) is 3.19. The Labute approximate surface area is 110 Å². The van der Waals surface area contributed by atoms with Crippen molar-refractivity contribution in [2.45, 2.75) is 0 Å². The molecule has 0 saturated carbocycles. The second-order valence-electron chi connectivity index (χ2n) is 4.28. The summed E-state index contributed by atoms with van der Waals surface area (Å²) in [6, 6.07) is 9.09. The third-order valence-corrected chi connectivity index (χ3v) is 4.71. The Morgan fingerprint density at radius 1 is 1.21 bits per heavy atom. The van der Waals surface area contributed by atoms with Crippen LogP contribution in [0.4, 0.5) is 5.82 Å². The molecule has 0 fully saturated rings. The maximum atomic E-state index is 11.9. The normalized spacial score (nSPS) is 17.3. The highest BCUT2D eigenvalue weighted by atomic mass is 32.2. The van der Waals surface area contributed by atoms with Gasteiger partial charge in [-0.3, -0.25) is 9.10 Å². The average molecular weight is 277 g/mol. The number of rotatable bonds is 1. The fourth-order valence-electron chi connectivity index (χ4n) is 2.07. The lowest BCUT2D eigenvalue weighted by molar-refractivity contribution is 0.102. The van der Waals surface area contributed by atoms with Gasteiger partial charge in [-0.2, -0.15) is 5.10 Å². The second-order valence-corrected chi connectivity index (χ2v) is 6.28. The lowest BCUT2D eigenvalue weighted by Crippen LogP contribution is -2.38. The topological polar surface area (TPSA) is 72.3 Å².